The standard InChI is InChI=1S/C17H31N/c1-6-7-13-18-15(3)10-11-16-14(2)9-8-12-17(16,4)5/h9-11,15-16,18H,6-8,12-13H2,1-5H3/b11-10+. The number of hydrogen-bond acceptors (Lipinski definition) is 1. The molecule has 0 aromatic rings. The van der Waals surface area contributed by atoms with E-state index in [2.05, 4.69) is 58.2 Å². The summed E-state index contributed by atoms with van der Waals surface area (Å²) in [6.07, 6.45) is 12.3. The summed E-state index contributed by atoms with van der Waals surface area (Å²) in [6.45, 7) is 12.7. The van der Waals surface area contributed by atoms with Crippen molar-refractivity contribution < 1.29 is 0 Å². The SMILES string of the molecule is CCCCNC(C)/C=C/C1C(C)=CCCC1(C)C. The lowest BCUT2D eigenvalue weighted by Crippen LogP contribution is -2.28. The van der Waals surface area contributed by atoms with Crippen molar-refractivity contribution in [1.82, 2.24) is 5.32 Å². The highest BCUT2D eigenvalue weighted by atomic mass is 14.9. The molecule has 0 heterocycles. The van der Waals surface area contributed by atoms with Crippen molar-refractivity contribution in [3.8, 4) is 0 Å². The van der Waals surface area contributed by atoms with Gasteiger partial charge in [-0.25, -0.2) is 0 Å². The lowest BCUT2D eigenvalue weighted by atomic mass is 9.68. The predicted molar refractivity (Wildman–Crippen MR) is 81.8 cm³/mol. The normalized spacial score (nSPS) is 25.2. The van der Waals surface area contributed by atoms with E-state index in [4.69, 9.17) is 0 Å². The first-order chi connectivity index (χ1) is 8.47. The number of rotatable bonds is 6. The van der Waals surface area contributed by atoms with Crippen LogP contribution in [0.15, 0.2) is 23.8 Å². The second kappa shape index (κ2) is 7.13. The summed E-state index contributed by atoms with van der Waals surface area (Å²) in [6, 6.07) is 0.488. The lowest BCUT2D eigenvalue weighted by molar-refractivity contribution is 0.255. The third-order valence-corrected chi connectivity index (χ3v) is 4.18. The van der Waals surface area contributed by atoms with Gasteiger partial charge in [0, 0.05) is 12.0 Å². The van der Waals surface area contributed by atoms with Crippen molar-refractivity contribution in [3.05, 3.63) is 23.8 Å². The topological polar surface area (TPSA) is 12.0 Å². The van der Waals surface area contributed by atoms with Crippen LogP contribution in [0.25, 0.3) is 0 Å². The molecule has 1 aliphatic carbocycles. The first kappa shape index (κ1) is 15.5. The van der Waals surface area contributed by atoms with Crippen LogP contribution >= 0.6 is 0 Å². The second-order valence-electron chi connectivity index (χ2n) is 6.43. The van der Waals surface area contributed by atoms with Crippen LogP contribution in [-0.4, -0.2) is 12.6 Å². The van der Waals surface area contributed by atoms with Gasteiger partial charge in [-0.1, -0.05) is 51.0 Å². The van der Waals surface area contributed by atoms with Gasteiger partial charge in [-0.05, 0) is 45.1 Å². The molecule has 0 aromatic carbocycles. The molecule has 0 bridgehead atoms. The first-order valence-electron chi connectivity index (χ1n) is 7.55. The van der Waals surface area contributed by atoms with E-state index in [0.717, 1.165) is 6.54 Å². The summed E-state index contributed by atoms with van der Waals surface area (Å²) >= 11 is 0. The van der Waals surface area contributed by atoms with Crippen molar-refractivity contribution in [2.75, 3.05) is 6.54 Å². The molecule has 0 saturated carbocycles. The fraction of sp³-hybridized carbons (Fsp3) is 0.765. The molecule has 0 spiro atoms. The highest BCUT2D eigenvalue weighted by Gasteiger charge is 2.30. The van der Waals surface area contributed by atoms with Crippen LogP contribution in [-0.2, 0) is 0 Å². The van der Waals surface area contributed by atoms with E-state index in [-0.39, 0.29) is 0 Å². The average Bonchev–Trinajstić information content (AvgIpc) is 2.28. The van der Waals surface area contributed by atoms with Gasteiger partial charge < -0.3 is 5.32 Å². The Morgan fingerprint density at radius 3 is 2.83 bits per heavy atom. The molecule has 0 fully saturated rings. The highest BCUT2D eigenvalue weighted by Crippen LogP contribution is 2.41. The zero-order valence-electron chi connectivity index (χ0n) is 12.9. The lowest BCUT2D eigenvalue weighted by Gasteiger charge is -2.37. The quantitative estimate of drug-likeness (QED) is 0.531. The largest absolute Gasteiger partial charge is 0.311 e. The van der Waals surface area contributed by atoms with Gasteiger partial charge in [0.1, 0.15) is 0 Å². The minimum absolute atomic E-state index is 0.415. The van der Waals surface area contributed by atoms with E-state index in [9.17, 15) is 0 Å². The van der Waals surface area contributed by atoms with Crippen LogP contribution in [0.3, 0.4) is 0 Å². The minimum atomic E-state index is 0.415. The van der Waals surface area contributed by atoms with Crippen molar-refractivity contribution in [2.24, 2.45) is 11.3 Å². The van der Waals surface area contributed by atoms with Gasteiger partial charge in [0.2, 0.25) is 0 Å². The molecule has 0 saturated heterocycles. The number of allylic oxidation sites excluding steroid dienone is 3. The fourth-order valence-corrected chi connectivity index (χ4v) is 2.84. The Bertz CT molecular complexity index is 299. The molecular formula is C17H31N. The average molecular weight is 249 g/mol. The fourth-order valence-electron chi connectivity index (χ4n) is 2.84. The maximum atomic E-state index is 3.56. The van der Waals surface area contributed by atoms with Crippen molar-refractivity contribution in [2.45, 2.75) is 66.3 Å². The minimum Gasteiger partial charge on any atom is -0.311 e. The van der Waals surface area contributed by atoms with Crippen LogP contribution in [0.4, 0.5) is 0 Å². The van der Waals surface area contributed by atoms with Crippen molar-refractivity contribution in [3.63, 3.8) is 0 Å². The van der Waals surface area contributed by atoms with Crippen molar-refractivity contribution in [1.29, 1.82) is 0 Å². The van der Waals surface area contributed by atoms with Crippen LogP contribution in [0, 0.1) is 11.3 Å². The zero-order valence-corrected chi connectivity index (χ0v) is 12.9. The van der Waals surface area contributed by atoms with Crippen LogP contribution in [0.1, 0.15) is 60.3 Å². The predicted octanol–water partition coefficient (Wildman–Crippen LogP) is 4.70. The monoisotopic (exact) mass is 249 g/mol. The second-order valence-corrected chi connectivity index (χ2v) is 6.43. The zero-order chi connectivity index (χ0) is 13.6. The van der Waals surface area contributed by atoms with Crippen LogP contribution in [0.5, 0.6) is 0 Å². The number of unbranched alkanes of at least 4 members (excludes halogenated alkanes) is 1. The van der Waals surface area contributed by atoms with Gasteiger partial charge in [-0.15, -0.1) is 0 Å². The number of nitrogens with one attached hydrogen (secondary N) is 1. The molecule has 104 valence electrons. The molecule has 18 heavy (non-hydrogen) atoms. The molecule has 0 radical (unpaired) electrons. The molecule has 1 heteroatoms. The van der Waals surface area contributed by atoms with Gasteiger partial charge >= 0.3 is 0 Å². The summed E-state index contributed by atoms with van der Waals surface area (Å²) in [7, 11) is 0. The van der Waals surface area contributed by atoms with Crippen molar-refractivity contribution >= 4 is 0 Å². The summed E-state index contributed by atoms with van der Waals surface area (Å²) < 4.78 is 0. The molecule has 1 aliphatic rings. The van der Waals surface area contributed by atoms with E-state index in [1.54, 1.807) is 5.57 Å². The molecule has 2 atom stereocenters. The van der Waals surface area contributed by atoms with Crippen LogP contribution < -0.4 is 5.32 Å². The molecule has 0 amide bonds. The smallest absolute Gasteiger partial charge is 0.0221 e. The molecular weight excluding hydrogens is 218 g/mol. The summed E-state index contributed by atoms with van der Waals surface area (Å²) in [4.78, 5) is 0. The van der Waals surface area contributed by atoms with Gasteiger partial charge in [-0.3, -0.25) is 0 Å². The van der Waals surface area contributed by atoms with E-state index in [1.165, 1.54) is 25.7 Å². The summed E-state index contributed by atoms with van der Waals surface area (Å²) in [5.41, 5.74) is 1.96. The third-order valence-electron chi connectivity index (χ3n) is 4.18. The highest BCUT2D eigenvalue weighted by molar-refractivity contribution is 5.19. The third kappa shape index (κ3) is 4.61. The van der Waals surface area contributed by atoms with E-state index < -0.39 is 0 Å². The molecule has 1 nitrogen and oxygen atoms in total. The van der Waals surface area contributed by atoms with Gasteiger partial charge in [0.05, 0.1) is 0 Å². The maximum absolute atomic E-state index is 3.56. The Hall–Kier alpha value is -0.560. The Kier molecular flexibility index (Phi) is 6.14. The number of hydrogen-bond donors (Lipinski definition) is 1. The Morgan fingerprint density at radius 2 is 2.22 bits per heavy atom. The Labute approximate surface area is 114 Å². The van der Waals surface area contributed by atoms with E-state index in [0.29, 0.717) is 17.4 Å². The van der Waals surface area contributed by atoms with Gasteiger partial charge in [0.25, 0.3) is 0 Å². The molecule has 1 N–H and O–H groups in total. The molecule has 0 aliphatic heterocycles. The Morgan fingerprint density at radius 1 is 1.50 bits per heavy atom. The van der Waals surface area contributed by atoms with Gasteiger partial charge in [-0.2, -0.15) is 0 Å². The summed E-state index contributed by atoms with van der Waals surface area (Å²) in [5.74, 6) is 0.613. The molecule has 2 unspecified atom stereocenters. The Balaban J connectivity index is 2.53. The first-order valence-corrected chi connectivity index (χ1v) is 7.55. The van der Waals surface area contributed by atoms with E-state index in [1.807, 2.05) is 0 Å². The molecule has 0 aromatic heterocycles. The molecule has 1 rings (SSSR count). The van der Waals surface area contributed by atoms with E-state index >= 15 is 0 Å². The maximum Gasteiger partial charge on any atom is 0.0221 e. The van der Waals surface area contributed by atoms with Gasteiger partial charge in [0.15, 0.2) is 0 Å². The summed E-state index contributed by atoms with van der Waals surface area (Å²) in [5, 5.41) is 3.56. The van der Waals surface area contributed by atoms with Crippen LogP contribution in [0.2, 0.25) is 0 Å².